The van der Waals surface area contributed by atoms with Gasteiger partial charge in [-0.15, -0.1) is 0 Å². The fourth-order valence-electron chi connectivity index (χ4n) is 1.10. The smallest absolute Gasteiger partial charge is 0.211 e. The molecule has 0 saturated heterocycles. The summed E-state index contributed by atoms with van der Waals surface area (Å²) < 4.78 is 38.8. The standard InChI is InChI=1S/C10H11FN2O2S/c1-2-5-13-16(14,15)10-4-3-8(7-12)6-9(10)11/h3-4,6,13H,2,5H2,1H3. The van der Waals surface area contributed by atoms with Gasteiger partial charge < -0.3 is 0 Å². The van der Waals surface area contributed by atoms with Crippen molar-refractivity contribution in [3.05, 3.63) is 29.6 Å². The van der Waals surface area contributed by atoms with E-state index in [4.69, 9.17) is 5.26 Å². The third kappa shape index (κ3) is 2.78. The van der Waals surface area contributed by atoms with Gasteiger partial charge in [-0.2, -0.15) is 5.26 Å². The Morgan fingerprint density at radius 3 is 2.69 bits per heavy atom. The largest absolute Gasteiger partial charge is 0.243 e. The lowest BCUT2D eigenvalue weighted by Gasteiger charge is -2.06. The summed E-state index contributed by atoms with van der Waals surface area (Å²) >= 11 is 0. The number of rotatable bonds is 4. The fraction of sp³-hybridized carbons (Fsp3) is 0.300. The van der Waals surface area contributed by atoms with Gasteiger partial charge in [0.25, 0.3) is 0 Å². The molecule has 0 unspecified atom stereocenters. The molecule has 86 valence electrons. The van der Waals surface area contributed by atoms with E-state index in [9.17, 15) is 12.8 Å². The summed E-state index contributed by atoms with van der Waals surface area (Å²) in [6.45, 7) is 2.05. The van der Waals surface area contributed by atoms with Crippen LogP contribution in [0.25, 0.3) is 0 Å². The molecule has 0 amide bonds. The van der Waals surface area contributed by atoms with E-state index in [2.05, 4.69) is 4.72 Å². The van der Waals surface area contributed by atoms with Gasteiger partial charge in [-0.05, 0) is 24.6 Å². The zero-order valence-corrected chi connectivity index (χ0v) is 9.51. The van der Waals surface area contributed by atoms with Gasteiger partial charge >= 0.3 is 0 Å². The lowest BCUT2D eigenvalue weighted by molar-refractivity contribution is 0.556. The third-order valence-electron chi connectivity index (χ3n) is 1.89. The number of nitrogens with one attached hydrogen (secondary N) is 1. The van der Waals surface area contributed by atoms with E-state index in [0.29, 0.717) is 6.42 Å². The molecule has 0 aromatic heterocycles. The Kier molecular flexibility index (Phi) is 3.99. The highest BCUT2D eigenvalue weighted by Crippen LogP contribution is 2.15. The number of nitrogens with zero attached hydrogens (tertiary/aromatic N) is 1. The molecule has 0 aliphatic heterocycles. The maximum atomic E-state index is 13.4. The molecule has 0 aliphatic carbocycles. The van der Waals surface area contributed by atoms with Gasteiger partial charge in [-0.1, -0.05) is 6.92 Å². The van der Waals surface area contributed by atoms with E-state index in [1.807, 2.05) is 0 Å². The van der Waals surface area contributed by atoms with E-state index in [1.54, 1.807) is 13.0 Å². The molecule has 6 heteroatoms. The molecule has 0 bridgehead atoms. The van der Waals surface area contributed by atoms with Crippen LogP contribution < -0.4 is 4.72 Å². The first-order chi connectivity index (χ1) is 7.51. The van der Waals surface area contributed by atoms with E-state index in [0.717, 1.165) is 12.1 Å². The topological polar surface area (TPSA) is 70.0 Å². The van der Waals surface area contributed by atoms with E-state index >= 15 is 0 Å². The molecule has 1 rings (SSSR count). The van der Waals surface area contributed by atoms with Gasteiger partial charge in [0.05, 0.1) is 11.6 Å². The minimum Gasteiger partial charge on any atom is -0.211 e. The van der Waals surface area contributed by atoms with Crippen molar-refractivity contribution >= 4 is 10.0 Å². The summed E-state index contributed by atoms with van der Waals surface area (Å²) in [6.07, 6.45) is 0.622. The summed E-state index contributed by atoms with van der Waals surface area (Å²) in [5.74, 6) is -0.914. The molecule has 0 heterocycles. The van der Waals surface area contributed by atoms with Gasteiger partial charge in [0.1, 0.15) is 10.7 Å². The first-order valence-electron chi connectivity index (χ1n) is 4.70. The summed E-state index contributed by atoms with van der Waals surface area (Å²) in [5, 5.41) is 8.52. The Morgan fingerprint density at radius 1 is 1.50 bits per heavy atom. The highest BCUT2D eigenvalue weighted by atomic mass is 32.2. The summed E-state index contributed by atoms with van der Waals surface area (Å²) in [6, 6.07) is 4.99. The predicted molar refractivity (Wildman–Crippen MR) is 56.6 cm³/mol. The summed E-state index contributed by atoms with van der Waals surface area (Å²) in [7, 11) is -3.81. The van der Waals surface area contributed by atoms with Crippen molar-refractivity contribution < 1.29 is 12.8 Å². The third-order valence-corrected chi connectivity index (χ3v) is 3.39. The highest BCUT2D eigenvalue weighted by Gasteiger charge is 2.18. The van der Waals surface area contributed by atoms with Crippen LogP contribution in [0.15, 0.2) is 23.1 Å². The van der Waals surface area contributed by atoms with Crippen molar-refractivity contribution in [2.24, 2.45) is 0 Å². The molecule has 0 fully saturated rings. The zero-order valence-electron chi connectivity index (χ0n) is 8.70. The highest BCUT2D eigenvalue weighted by molar-refractivity contribution is 7.89. The monoisotopic (exact) mass is 242 g/mol. The fourth-order valence-corrected chi connectivity index (χ4v) is 2.29. The van der Waals surface area contributed by atoms with E-state index in [-0.39, 0.29) is 12.1 Å². The van der Waals surface area contributed by atoms with Gasteiger partial charge in [-0.3, -0.25) is 0 Å². The zero-order chi connectivity index (χ0) is 12.2. The van der Waals surface area contributed by atoms with Gasteiger partial charge in [0.2, 0.25) is 10.0 Å². The van der Waals surface area contributed by atoms with Crippen molar-refractivity contribution in [2.45, 2.75) is 18.2 Å². The Hall–Kier alpha value is -1.45. The summed E-state index contributed by atoms with van der Waals surface area (Å²) in [4.78, 5) is -0.431. The molecular formula is C10H11FN2O2S. The van der Waals surface area contributed by atoms with E-state index < -0.39 is 20.7 Å². The molecule has 4 nitrogen and oxygen atoms in total. The number of nitriles is 1. The molecule has 0 aliphatic rings. The van der Waals surface area contributed by atoms with Crippen LogP contribution in [0.3, 0.4) is 0 Å². The van der Waals surface area contributed by atoms with Crippen molar-refractivity contribution in [3.63, 3.8) is 0 Å². The molecule has 1 N–H and O–H groups in total. The maximum absolute atomic E-state index is 13.4. The van der Waals surface area contributed by atoms with Crippen LogP contribution in [0.5, 0.6) is 0 Å². The minimum atomic E-state index is -3.81. The Balaban J connectivity index is 3.10. The molecule has 1 aromatic rings. The normalized spacial score (nSPS) is 11.1. The number of sulfonamides is 1. The second-order valence-electron chi connectivity index (χ2n) is 3.15. The van der Waals surface area contributed by atoms with Crippen LogP contribution in [-0.4, -0.2) is 15.0 Å². The lowest BCUT2D eigenvalue weighted by atomic mass is 10.2. The predicted octanol–water partition coefficient (Wildman–Crippen LogP) is 1.39. The van der Waals surface area contributed by atoms with Crippen molar-refractivity contribution in [1.82, 2.24) is 4.72 Å². The number of halogens is 1. The first-order valence-corrected chi connectivity index (χ1v) is 6.19. The van der Waals surface area contributed by atoms with Crippen LogP contribution in [0, 0.1) is 17.1 Å². The number of benzene rings is 1. The quantitative estimate of drug-likeness (QED) is 0.867. The molecule has 0 radical (unpaired) electrons. The van der Waals surface area contributed by atoms with Crippen molar-refractivity contribution in [3.8, 4) is 6.07 Å². The minimum absolute atomic E-state index is 0.0898. The van der Waals surface area contributed by atoms with Crippen molar-refractivity contribution in [2.75, 3.05) is 6.54 Å². The average molecular weight is 242 g/mol. The molecule has 0 saturated carbocycles. The molecule has 0 atom stereocenters. The Labute approximate surface area is 93.8 Å². The van der Waals surface area contributed by atoms with Crippen molar-refractivity contribution in [1.29, 1.82) is 5.26 Å². The Bertz CT molecular complexity index is 520. The number of hydrogen-bond acceptors (Lipinski definition) is 3. The van der Waals surface area contributed by atoms with Crippen LogP contribution in [0.2, 0.25) is 0 Å². The van der Waals surface area contributed by atoms with Gasteiger partial charge in [0, 0.05) is 6.54 Å². The molecular weight excluding hydrogens is 231 g/mol. The maximum Gasteiger partial charge on any atom is 0.243 e. The molecule has 16 heavy (non-hydrogen) atoms. The van der Waals surface area contributed by atoms with Gasteiger partial charge in [-0.25, -0.2) is 17.5 Å². The molecule has 1 aromatic carbocycles. The SMILES string of the molecule is CCCNS(=O)(=O)c1ccc(C#N)cc1F. The lowest BCUT2D eigenvalue weighted by Crippen LogP contribution is -2.25. The second kappa shape index (κ2) is 5.05. The Morgan fingerprint density at radius 2 is 2.19 bits per heavy atom. The second-order valence-corrected chi connectivity index (χ2v) is 4.89. The van der Waals surface area contributed by atoms with Crippen LogP contribution >= 0.6 is 0 Å². The van der Waals surface area contributed by atoms with E-state index in [1.165, 1.54) is 6.07 Å². The van der Waals surface area contributed by atoms with Crippen LogP contribution in [0.1, 0.15) is 18.9 Å². The van der Waals surface area contributed by atoms with Crippen LogP contribution in [0.4, 0.5) is 4.39 Å². The molecule has 0 spiro atoms. The average Bonchev–Trinajstić information content (AvgIpc) is 2.25. The first kappa shape index (κ1) is 12.6. The summed E-state index contributed by atoms with van der Waals surface area (Å²) in [5.41, 5.74) is 0.0898. The van der Waals surface area contributed by atoms with Crippen LogP contribution in [-0.2, 0) is 10.0 Å². The van der Waals surface area contributed by atoms with Gasteiger partial charge in [0.15, 0.2) is 0 Å². The number of hydrogen-bond donors (Lipinski definition) is 1.